The molecule has 0 radical (unpaired) electrons. The number of rotatable bonds is 29. The van der Waals surface area contributed by atoms with E-state index >= 15 is 0 Å². The van der Waals surface area contributed by atoms with E-state index in [4.69, 9.17) is 52.1 Å². The Morgan fingerprint density at radius 3 is 1.70 bits per heavy atom. The van der Waals surface area contributed by atoms with Crippen LogP contribution in [0.1, 0.15) is 36.0 Å². The maximum absolute atomic E-state index is 10.1. The van der Waals surface area contributed by atoms with E-state index in [1.165, 1.54) is 11.1 Å². The Morgan fingerprint density at radius 1 is 0.700 bits per heavy atom. The largest absolute Gasteiger partial charge is 0.486 e. The molecule has 1 aromatic carbocycles. The van der Waals surface area contributed by atoms with Gasteiger partial charge < -0.3 is 62.1 Å². The van der Waals surface area contributed by atoms with Crippen LogP contribution in [0.25, 0.3) is 0 Å². The molecule has 5 atom stereocenters. The van der Waals surface area contributed by atoms with E-state index in [0.717, 1.165) is 43.5 Å². The van der Waals surface area contributed by atoms with Gasteiger partial charge in [0.15, 0.2) is 0 Å². The van der Waals surface area contributed by atoms with E-state index in [9.17, 15) is 5.11 Å². The van der Waals surface area contributed by atoms with Crippen LogP contribution in [-0.4, -0.2) is 168 Å². The van der Waals surface area contributed by atoms with Crippen LogP contribution < -0.4 is 4.74 Å². The fourth-order valence-corrected chi connectivity index (χ4v) is 8.10. The van der Waals surface area contributed by atoms with Crippen molar-refractivity contribution in [3.05, 3.63) is 28.8 Å². The summed E-state index contributed by atoms with van der Waals surface area (Å²) in [4.78, 5) is 2.55. The normalized spacial score (nSPS) is 25.2. The predicted molar refractivity (Wildman–Crippen MR) is 184 cm³/mol. The number of piperidine rings is 1. The van der Waals surface area contributed by atoms with Gasteiger partial charge in [-0.1, -0.05) is 12.1 Å². The van der Waals surface area contributed by atoms with Crippen LogP contribution in [0.2, 0.25) is 0 Å². The van der Waals surface area contributed by atoms with Crippen molar-refractivity contribution in [2.45, 2.75) is 56.0 Å². The fraction of sp³-hybridized carbons (Fsp3) is 0.838. The third-order valence-electron chi connectivity index (χ3n) is 10.4. The number of aliphatic hydroxyl groups is 1. The van der Waals surface area contributed by atoms with Gasteiger partial charge >= 0.3 is 0 Å². The Bertz CT molecular complexity index is 1100. The van der Waals surface area contributed by atoms with Crippen molar-refractivity contribution in [3.63, 3.8) is 0 Å². The highest BCUT2D eigenvalue weighted by Crippen LogP contribution is 2.63. The lowest BCUT2D eigenvalue weighted by Gasteiger charge is -2.58. The molecule has 1 aromatic rings. The van der Waals surface area contributed by atoms with Crippen LogP contribution >= 0.6 is 0 Å². The first-order valence-electron chi connectivity index (χ1n) is 18.6. The summed E-state index contributed by atoms with van der Waals surface area (Å²) in [7, 11) is 3.92. The summed E-state index contributed by atoms with van der Waals surface area (Å²) < 4.78 is 62.4. The average Bonchev–Trinajstić information content (AvgIpc) is 3.48. The van der Waals surface area contributed by atoms with Crippen LogP contribution in [0, 0.1) is 5.92 Å². The van der Waals surface area contributed by atoms with Gasteiger partial charge in [-0.05, 0) is 50.8 Å². The smallest absolute Gasteiger partial charge is 0.135 e. The number of methoxy groups -OCH3 is 1. The van der Waals surface area contributed by atoms with Crippen molar-refractivity contribution < 1.29 is 57.2 Å². The summed E-state index contributed by atoms with van der Waals surface area (Å²) in [6.07, 6.45) is 4.28. The molecule has 2 bridgehead atoms. The average molecular weight is 712 g/mol. The third-order valence-corrected chi connectivity index (χ3v) is 10.4. The fourth-order valence-electron chi connectivity index (χ4n) is 8.10. The molecule has 50 heavy (non-hydrogen) atoms. The number of nitrogens with zero attached hydrogens (tertiary/aromatic N) is 1. The molecular weight excluding hydrogens is 650 g/mol. The molecule has 13 nitrogen and oxygen atoms in total. The summed E-state index contributed by atoms with van der Waals surface area (Å²) in [5.41, 5.74) is 3.65. The van der Waals surface area contributed by atoms with Gasteiger partial charge in [-0.25, -0.2) is 0 Å². The summed E-state index contributed by atoms with van der Waals surface area (Å²) >= 11 is 0. The lowest BCUT2D eigenvalue weighted by atomic mass is 9.51. The van der Waals surface area contributed by atoms with Crippen molar-refractivity contribution in [1.29, 1.82) is 0 Å². The first-order chi connectivity index (χ1) is 24.7. The minimum atomic E-state index is -0.0147. The van der Waals surface area contributed by atoms with Crippen molar-refractivity contribution in [1.82, 2.24) is 4.90 Å². The minimum Gasteiger partial charge on any atom is -0.486 e. The van der Waals surface area contributed by atoms with Crippen LogP contribution in [0.5, 0.6) is 5.75 Å². The molecule has 286 valence electrons. The number of likely N-dealkylation sites (N-methyl/N-ethyl adjacent to an activating group) is 1. The van der Waals surface area contributed by atoms with Crippen LogP contribution in [0.15, 0.2) is 12.1 Å². The highest BCUT2D eigenvalue weighted by molar-refractivity contribution is 5.58. The Labute approximate surface area is 298 Å². The van der Waals surface area contributed by atoms with Crippen molar-refractivity contribution in [3.8, 4) is 5.75 Å². The van der Waals surface area contributed by atoms with Gasteiger partial charge in [0.2, 0.25) is 0 Å². The summed E-state index contributed by atoms with van der Waals surface area (Å²) in [5, 5.41) is 10.1. The molecule has 1 spiro atoms. The molecular formula is C37H61NO12. The molecule has 2 heterocycles. The van der Waals surface area contributed by atoms with Gasteiger partial charge in [0, 0.05) is 29.7 Å². The molecule has 4 aliphatic rings. The predicted octanol–water partition coefficient (Wildman–Crippen LogP) is 2.01. The van der Waals surface area contributed by atoms with Crippen LogP contribution in [-0.2, 0) is 65.8 Å². The Kier molecular flexibility index (Phi) is 17.4. The van der Waals surface area contributed by atoms with Crippen molar-refractivity contribution in [2.24, 2.45) is 5.92 Å². The van der Waals surface area contributed by atoms with Crippen LogP contribution in [0.4, 0.5) is 0 Å². The van der Waals surface area contributed by atoms with E-state index < -0.39 is 0 Å². The van der Waals surface area contributed by atoms with Gasteiger partial charge in [-0.2, -0.15) is 0 Å². The van der Waals surface area contributed by atoms with Gasteiger partial charge in [-0.3, -0.25) is 0 Å². The first kappa shape index (κ1) is 39.7. The van der Waals surface area contributed by atoms with Crippen molar-refractivity contribution >= 4 is 0 Å². The summed E-state index contributed by atoms with van der Waals surface area (Å²) in [6, 6.07) is 4.82. The second-order valence-electron chi connectivity index (χ2n) is 13.3. The summed E-state index contributed by atoms with van der Waals surface area (Å²) in [5.74, 6) is 1.50. The van der Waals surface area contributed by atoms with Gasteiger partial charge in [0.1, 0.15) is 11.9 Å². The second-order valence-corrected chi connectivity index (χ2v) is 13.3. The van der Waals surface area contributed by atoms with Gasteiger partial charge in [0.25, 0.3) is 0 Å². The Balaban J connectivity index is 0.811. The lowest BCUT2D eigenvalue weighted by molar-refractivity contribution is -0.129. The molecule has 2 aliphatic heterocycles. The molecule has 0 amide bonds. The summed E-state index contributed by atoms with van der Waals surface area (Å²) in [6.45, 7) is 10.6. The lowest BCUT2D eigenvalue weighted by Crippen LogP contribution is -2.66. The molecule has 2 unspecified atom stereocenters. The number of ether oxygens (including phenoxy) is 11. The Hall–Kier alpha value is -1.46. The topological polar surface area (TPSA) is 125 Å². The maximum atomic E-state index is 10.1. The molecule has 1 N–H and O–H groups in total. The zero-order valence-corrected chi connectivity index (χ0v) is 30.3. The molecule has 0 aromatic heterocycles. The Morgan fingerprint density at radius 2 is 1.20 bits per heavy atom. The maximum Gasteiger partial charge on any atom is 0.135 e. The highest BCUT2D eigenvalue weighted by Gasteiger charge is 2.65. The standard InChI is InChI=1S/C37H61NO12/c1-38-8-7-37-31-5-6-33(36(37)50-35-30(28-39)4-3-29(34(35)37)27-32(31)38)49-26-25-48-24-23-47-22-21-46-20-19-45-18-17-44-16-15-43-14-13-42-12-11-41-10-9-40-2/h3-4,31-33,36,39H,5-28H2,1-2H3/t31?,32?,33-,36-,37-/m0/s1. The van der Waals surface area contributed by atoms with E-state index in [2.05, 4.69) is 18.0 Å². The number of hydrogen-bond donors (Lipinski definition) is 1. The van der Waals surface area contributed by atoms with Crippen molar-refractivity contribution in [2.75, 3.05) is 140 Å². The molecule has 1 saturated heterocycles. The van der Waals surface area contributed by atoms with Gasteiger partial charge in [0.05, 0.1) is 132 Å². The SMILES string of the molecule is COCCOCCOCCOCCOCCOCCOCCOCCOCCO[C@H]1CCC2C3Cc4ccc(CO)c5c4[C@@]2(CCN3C)[C@H]1O5. The monoisotopic (exact) mass is 711 g/mol. The number of likely N-dealkylation sites (tertiary alicyclic amines) is 1. The number of hydrogen-bond acceptors (Lipinski definition) is 13. The zero-order valence-electron chi connectivity index (χ0n) is 30.3. The molecule has 13 heteroatoms. The quantitative estimate of drug-likeness (QED) is 0.122. The molecule has 1 saturated carbocycles. The first-order valence-corrected chi connectivity index (χ1v) is 18.6. The van der Waals surface area contributed by atoms with E-state index in [0.29, 0.717) is 131 Å². The molecule has 2 aliphatic carbocycles. The highest BCUT2D eigenvalue weighted by atomic mass is 16.6. The van der Waals surface area contributed by atoms with Gasteiger partial charge in [-0.15, -0.1) is 0 Å². The third kappa shape index (κ3) is 10.6. The molecule has 2 fully saturated rings. The zero-order chi connectivity index (χ0) is 34.9. The van der Waals surface area contributed by atoms with E-state index in [1.807, 2.05) is 6.07 Å². The van der Waals surface area contributed by atoms with E-state index in [-0.39, 0.29) is 24.2 Å². The van der Waals surface area contributed by atoms with E-state index in [1.54, 1.807) is 7.11 Å². The number of aliphatic hydroxyl groups excluding tert-OH is 1. The van der Waals surface area contributed by atoms with Crippen LogP contribution in [0.3, 0.4) is 0 Å². The molecule has 5 rings (SSSR count). The minimum absolute atomic E-state index is 0.00116. The second kappa shape index (κ2) is 21.9. The number of benzene rings is 1.